The van der Waals surface area contributed by atoms with E-state index in [9.17, 15) is 14.9 Å². The molecule has 0 bridgehead atoms. The minimum absolute atomic E-state index is 0.0629. The molecule has 4 heteroatoms. The van der Waals surface area contributed by atoms with Crippen LogP contribution in [0.3, 0.4) is 0 Å². The Morgan fingerprint density at radius 2 is 1.94 bits per heavy atom. The smallest absolute Gasteiger partial charge is 0.269 e. The van der Waals surface area contributed by atoms with Gasteiger partial charge < -0.3 is 0 Å². The molecule has 0 spiro atoms. The van der Waals surface area contributed by atoms with E-state index in [1.165, 1.54) is 12.1 Å². The summed E-state index contributed by atoms with van der Waals surface area (Å²) >= 11 is 0. The summed E-state index contributed by atoms with van der Waals surface area (Å²) in [6, 6.07) is 6.21. The fourth-order valence-electron chi connectivity index (χ4n) is 2.08. The van der Waals surface area contributed by atoms with Gasteiger partial charge in [0.2, 0.25) is 0 Å². The van der Waals surface area contributed by atoms with Gasteiger partial charge in [-0.2, -0.15) is 0 Å². The highest BCUT2D eigenvalue weighted by molar-refractivity contribution is 5.86. The molecule has 1 aliphatic carbocycles. The zero-order chi connectivity index (χ0) is 12.6. The molecular weight excluding hydrogens is 218 g/mol. The minimum atomic E-state index is -0.435. The van der Waals surface area contributed by atoms with Crippen LogP contribution in [0.2, 0.25) is 0 Å². The number of hydrogen-bond donors (Lipinski definition) is 0. The van der Waals surface area contributed by atoms with E-state index < -0.39 is 4.92 Å². The monoisotopic (exact) mass is 233 g/mol. The summed E-state index contributed by atoms with van der Waals surface area (Å²) in [4.78, 5) is 21.9. The summed E-state index contributed by atoms with van der Waals surface area (Å²) in [5, 5.41) is 10.5. The lowest BCUT2D eigenvalue weighted by atomic mass is 10.0. The second-order valence-corrected chi connectivity index (χ2v) is 5.31. The van der Waals surface area contributed by atoms with Crippen molar-refractivity contribution in [2.75, 3.05) is 0 Å². The maximum atomic E-state index is 11.9. The summed E-state index contributed by atoms with van der Waals surface area (Å²) in [7, 11) is 0. The maximum absolute atomic E-state index is 11.9. The lowest BCUT2D eigenvalue weighted by Crippen LogP contribution is -2.09. The Balaban J connectivity index is 2.00. The average Bonchev–Trinajstić information content (AvgIpc) is 2.89. The highest BCUT2D eigenvalue weighted by atomic mass is 16.6. The van der Waals surface area contributed by atoms with E-state index >= 15 is 0 Å². The van der Waals surface area contributed by atoms with E-state index in [1.807, 2.05) is 0 Å². The van der Waals surface area contributed by atoms with E-state index in [0.717, 1.165) is 12.0 Å². The quantitative estimate of drug-likeness (QED) is 0.593. The van der Waals surface area contributed by atoms with E-state index in [4.69, 9.17) is 0 Å². The second-order valence-electron chi connectivity index (χ2n) is 5.31. The predicted octanol–water partition coefficient (Wildman–Crippen LogP) is 2.75. The van der Waals surface area contributed by atoms with Crippen molar-refractivity contribution >= 4 is 11.5 Å². The molecule has 0 radical (unpaired) electrons. The van der Waals surface area contributed by atoms with Gasteiger partial charge >= 0.3 is 0 Å². The molecule has 1 fully saturated rings. The van der Waals surface area contributed by atoms with Crippen LogP contribution in [-0.2, 0) is 11.2 Å². The van der Waals surface area contributed by atoms with Gasteiger partial charge in [0.05, 0.1) is 4.92 Å². The molecule has 1 aromatic carbocycles. The number of non-ortho nitro benzene ring substituents is 1. The Hall–Kier alpha value is -1.71. The van der Waals surface area contributed by atoms with Crippen molar-refractivity contribution in [3.63, 3.8) is 0 Å². The Morgan fingerprint density at radius 1 is 1.41 bits per heavy atom. The number of nitro groups is 1. The summed E-state index contributed by atoms with van der Waals surface area (Å²) in [6.07, 6.45) is 1.34. The van der Waals surface area contributed by atoms with Gasteiger partial charge in [-0.15, -0.1) is 0 Å². The first kappa shape index (κ1) is 11.8. The van der Waals surface area contributed by atoms with Crippen LogP contribution in [0.1, 0.15) is 25.8 Å². The Kier molecular flexibility index (Phi) is 2.73. The molecule has 0 saturated heterocycles. The van der Waals surface area contributed by atoms with Crippen LogP contribution in [-0.4, -0.2) is 10.7 Å². The standard InChI is InChI=1S/C13H15NO3/c1-13(2)8-11(13)12(15)7-9-3-5-10(6-4-9)14(16)17/h3-6,11H,7-8H2,1-2H3. The lowest BCUT2D eigenvalue weighted by Gasteiger charge is -2.03. The maximum Gasteiger partial charge on any atom is 0.269 e. The van der Waals surface area contributed by atoms with Gasteiger partial charge in [0.1, 0.15) is 5.78 Å². The van der Waals surface area contributed by atoms with Gasteiger partial charge in [0, 0.05) is 24.5 Å². The van der Waals surface area contributed by atoms with Gasteiger partial charge in [-0.3, -0.25) is 14.9 Å². The molecule has 1 atom stereocenters. The number of carbonyl (C=O) groups is 1. The Morgan fingerprint density at radius 3 is 2.35 bits per heavy atom. The van der Waals surface area contributed by atoms with Crippen molar-refractivity contribution in [2.24, 2.45) is 11.3 Å². The molecule has 0 amide bonds. The molecule has 1 saturated carbocycles. The van der Waals surface area contributed by atoms with E-state index in [-0.39, 0.29) is 22.8 Å². The predicted molar refractivity (Wildman–Crippen MR) is 63.7 cm³/mol. The van der Waals surface area contributed by atoms with Gasteiger partial charge in [-0.05, 0) is 17.4 Å². The van der Waals surface area contributed by atoms with E-state index in [2.05, 4.69) is 13.8 Å². The zero-order valence-corrected chi connectivity index (χ0v) is 9.97. The van der Waals surface area contributed by atoms with Crippen LogP contribution in [0.5, 0.6) is 0 Å². The van der Waals surface area contributed by atoms with Gasteiger partial charge in [-0.1, -0.05) is 26.0 Å². The third kappa shape index (κ3) is 2.52. The number of hydrogen-bond acceptors (Lipinski definition) is 3. The number of nitro benzene ring substituents is 1. The van der Waals surface area contributed by atoms with Crippen molar-refractivity contribution in [1.82, 2.24) is 0 Å². The van der Waals surface area contributed by atoms with Crippen molar-refractivity contribution in [2.45, 2.75) is 26.7 Å². The molecule has 1 unspecified atom stereocenters. The van der Waals surface area contributed by atoms with Crippen LogP contribution in [0.15, 0.2) is 24.3 Å². The Bertz CT molecular complexity index is 462. The molecule has 17 heavy (non-hydrogen) atoms. The highest BCUT2D eigenvalue weighted by Crippen LogP contribution is 2.52. The fourth-order valence-corrected chi connectivity index (χ4v) is 2.08. The van der Waals surface area contributed by atoms with Crippen LogP contribution < -0.4 is 0 Å². The summed E-state index contributed by atoms with van der Waals surface area (Å²) in [5.41, 5.74) is 1.06. The van der Waals surface area contributed by atoms with Crippen molar-refractivity contribution in [1.29, 1.82) is 0 Å². The van der Waals surface area contributed by atoms with Crippen LogP contribution in [0, 0.1) is 21.4 Å². The molecule has 0 heterocycles. The van der Waals surface area contributed by atoms with Crippen molar-refractivity contribution in [3.05, 3.63) is 39.9 Å². The number of rotatable bonds is 4. The number of benzene rings is 1. The molecule has 1 aromatic rings. The number of ketones is 1. The number of carbonyl (C=O) groups excluding carboxylic acids is 1. The molecule has 1 aliphatic rings. The second kappa shape index (κ2) is 3.95. The average molecular weight is 233 g/mol. The third-order valence-corrected chi connectivity index (χ3v) is 3.43. The van der Waals surface area contributed by atoms with Crippen LogP contribution >= 0.6 is 0 Å². The molecule has 0 aliphatic heterocycles. The van der Waals surface area contributed by atoms with E-state index in [1.54, 1.807) is 12.1 Å². The summed E-state index contributed by atoms with van der Waals surface area (Å²) in [5.74, 6) is 0.404. The number of nitrogens with zero attached hydrogens (tertiary/aromatic N) is 1. The molecule has 0 aromatic heterocycles. The zero-order valence-electron chi connectivity index (χ0n) is 9.97. The summed E-state index contributed by atoms with van der Waals surface area (Å²) in [6.45, 7) is 4.18. The molecule has 4 nitrogen and oxygen atoms in total. The van der Waals surface area contributed by atoms with Crippen LogP contribution in [0.4, 0.5) is 5.69 Å². The topological polar surface area (TPSA) is 60.2 Å². The Labute approximate surface area is 99.8 Å². The van der Waals surface area contributed by atoms with Gasteiger partial charge in [0.15, 0.2) is 0 Å². The minimum Gasteiger partial charge on any atom is -0.299 e. The first-order chi connectivity index (χ1) is 7.90. The fraction of sp³-hybridized carbons (Fsp3) is 0.462. The molecule has 2 rings (SSSR count). The normalized spacial score (nSPS) is 20.9. The largest absolute Gasteiger partial charge is 0.299 e. The highest BCUT2D eigenvalue weighted by Gasteiger charge is 2.49. The number of Topliss-reactive ketones (excluding diaryl/α,β-unsaturated/α-hetero) is 1. The molecule has 0 N–H and O–H groups in total. The first-order valence-corrected chi connectivity index (χ1v) is 5.66. The lowest BCUT2D eigenvalue weighted by molar-refractivity contribution is -0.384. The third-order valence-electron chi connectivity index (χ3n) is 3.43. The van der Waals surface area contributed by atoms with E-state index in [0.29, 0.717) is 6.42 Å². The van der Waals surface area contributed by atoms with Crippen molar-refractivity contribution < 1.29 is 9.72 Å². The van der Waals surface area contributed by atoms with Crippen LogP contribution in [0.25, 0.3) is 0 Å². The van der Waals surface area contributed by atoms with Gasteiger partial charge in [-0.25, -0.2) is 0 Å². The SMILES string of the molecule is CC1(C)CC1C(=O)Cc1ccc([N+](=O)[O-])cc1. The molecular formula is C13H15NO3. The first-order valence-electron chi connectivity index (χ1n) is 5.66. The van der Waals surface area contributed by atoms with Crippen molar-refractivity contribution in [3.8, 4) is 0 Å². The molecule has 90 valence electrons. The summed E-state index contributed by atoms with van der Waals surface area (Å²) < 4.78 is 0. The van der Waals surface area contributed by atoms with Gasteiger partial charge in [0.25, 0.3) is 5.69 Å².